The number of benzene rings is 4. The van der Waals surface area contributed by atoms with Crippen LogP contribution in [0.5, 0.6) is 0 Å². The Bertz CT molecular complexity index is 1380. The van der Waals surface area contributed by atoms with Crippen molar-refractivity contribution in [3.63, 3.8) is 0 Å². The maximum absolute atomic E-state index is 6.38. The third kappa shape index (κ3) is 3.27. The van der Waals surface area contributed by atoms with Crippen LogP contribution in [-0.4, -0.2) is 0 Å². The summed E-state index contributed by atoms with van der Waals surface area (Å²) >= 11 is 0. The van der Waals surface area contributed by atoms with E-state index in [1.165, 1.54) is 27.3 Å². The number of fused-ring (bicyclic) bond motifs is 3. The van der Waals surface area contributed by atoms with Gasteiger partial charge in [0, 0.05) is 22.2 Å². The van der Waals surface area contributed by atoms with Crippen molar-refractivity contribution in [1.29, 1.82) is 0 Å². The molecule has 1 aromatic heterocycles. The van der Waals surface area contributed by atoms with Gasteiger partial charge in [-0.05, 0) is 47.4 Å². The monoisotopic (exact) mass is 389 g/mol. The summed E-state index contributed by atoms with van der Waals surface area (Å²) in [5, 5.41) is 3.63. The number of nitrogen functional groups attached to an aromatic ring is 1. The van der Waals surface area contributed by atoms with Gasteiger partial charge in [-0.3, -0.25) is 0 Å². The highest BCUT2D eigenvalue weighted by Crippen LogP contribution is 2.38. The van der Waals surface area contributed by atoms with E-state index < -0.39 is 0 Å². The van der Waals surface area contributed by atoms with Crippen molar-refractivity contribution >= 4 is 33.5 Å². The predicted molar refractivity (Wildman–Crippen MR) is 127 cm³/mol. The lowest BCUT2D eigenvalue weighted by Gasteiger charge is -2.04. The number of furan rings is 1. The number of anilines is 1. The van der Waals surface area contributed by atoms with Crippen LogP contribution in [-0.2, 0) is 6.42 Å². The van der Waals surface area contributed by atoms with Gasteiger partial charge in [-0.15, -0.1) is 0 Å². The second kappa shape index (κ2) is 7.57. The van der Waals surface area contributed by atoms with Crippen LogP contribution in [0.2, 0.25) is 0 Å². The van der Waals surface area contributed by atoms with Crippen molar-refractivity contribution in [2.24, 2.45) is 0 Å². The van der Waals surface area contributed by atoms with E-state index in [1.54, 1.807) is 0 Å². The van der Waals surface area contributed by atoms with Gasteiger partial charge >= 0.3 is 0 Å². The van der Waals surface area contributed by atoms with Crippen molar-refractivity contribution in [2.45, 2.75) is 13.3 Å². The number of hydrogen-bond acceptors (Lipinski definition) is 2. The minimum Gasteiger partial charge on any atom is -0.456 e. The van der Waals surface area contributed by atoms with Gasteiger partial charge in [0.2, 0.25) is 0 Å². The molecule has 4 aromatic carbocycles. The smallest absolute Gasteiger partial charge is 0.138 e. The highest BCUT2D eigenvalue weighted by molar-refractivity contribution is 6.09. The zero-order chi connectivity index (χ0) is 20.5. The Kier molecular flexibility index (Phi) is 4.61. The van der Waals surface area contributed by atoms with Gasteiger partial charge in [0.05, 0.1) is 0 Å². The molecule has 5 aromatic rings. The fraction of sp³-hybridized carbons (Fsp3) is 0.0714. The molecule has 0 saturated carbocycles. The second-order valence-electron chi connectivity index (χ2n) is 7.67. The summed E-state index contributed by atoms with van der Waals surface area (Å²) in [6.45, 7) is 2.05. The van der Waals surface area contributed by atoms with Gasteiger partial charge in [-0.25, -0.2) is 0 Å². The maximum Gasteiger partial charge on any atom is 0.138 e. The SMILES string of the molecule is Cc1ccc(/C=C/Cc2c(-c3ccccc3)oc3ccc4ccccc4c23)c(N)c1. The van der Waals surface area contributed by atoms with Crippen molar-refractivity contribution < 1.29 is 4.42 Å². The summed E-state index contributed by atoms with van der Waals surface area (Å²) in [5.41, 5.74) is 12.4. The normalized spacial score (nSPS) is 11.6. The standard InChI is InChI=1S/C28H23NO/c1-19-14-15-21(25(29)18-19)11-7-13-24-27-23-12-6-5-8-20(23)16-17-26(27)30-28(24)22-9-3-2-4-10-22/h2-12,14-18H,13,29H2,1H3/b11-7+. The summed E-state index contributed by atoms with van der Waals surface area (Å²) in [6.07, 6.45) is 5.05. The van der Waals surface area contributed by atoms with E-state index in [4.69, 9.17) is 10.2 Å². The van der Waals surface area contributed by atoms with Crippen LogP contribution in [0.15, 0.2) is 95.4 Å². The molecule has 0 aliphatic rings. The van der Waals surface area contributed by atoms with E-state index in [2.05, 4.69) is 79.7 Å². The molecule has 0 bridgehead atoms. The van der Waals surface area contributed by atoms with Crippen LogP contribution < -0.4 is 5.73 Å². The van der Waals surface area contributed by atoms with Crippen molar-refractivity contribution in [3.05, 3.63) is 108 Å². The van der Waals surface area contributed by atoms with E-state index in [1.807, 2.05) is 24.3 Å². The Balaban J connectivity index is 1.66. The molecule has 1 heterocycles. The summed E-state index contributed by atoms with van der Waals surface area (Å²) in [4.78, 5) is 0. The lowest BCUT2D eigenvalue weighted by Crippen LogP contribution is -1.90. The molecule has 0 saturated heterocycles. The molecule has 0 unspecified atom stereocenters. The molecule has 146 valence electrons. The molecule has 0 fully saturated rings. The third-order valence-electron chi connectivity index (χ3n) is 5.58. The largest absolute Gasteiger partial charge is 0.456 e. The number of hydrogen-bond donors (Lipinski definition) is 1. The first-order chi connectivity index (χ1) is 14.7. The summed E-state index contributed by atoms with van der Waals surface area (Å²) in [6, 6.07) is 29.2. The van der Waals surface area contributed by atoms with Crippen molar-refractivity contribution in [1.82, 2.24) is 0 Å². The quantitative estimate of drug-likeness (QED) is 0.325. The summed E-state index contributed by atoms with van der Waals surface area (Å²) in [5.74, 6) is 0.934. The molecule has 0 spiro atoms. The molecule has 0 radical (unpaired) electrons. The van der Waals surface area contributed by atoms with Gasteiger partial charge in [-0.2, -0.15) is 0 Å². The second-order valence-corrected chi connectivity index (χ2v) is 7.67. The number of allylic oxidation sites excluding steroid dienone is 1. The van der Waals surface area contributed by atoms with Crippen LogP contribution in [0.25, 0.3) is 39.1 Å². The third-order valence-corrected chi connectivity index (χ3v) is 5.58. The first kappa shape index (κ1) is 18.3. The lowest BCUT2D eigenvalue weighted by molar-refractivity contribution is 0.628. The highest BCUT2D eigenvalue weighted by atomic mass is 16.3. The molecule has 0 aliphatic carbocycles. The van der Waals surface area contributed by atoms with Gasteiger partial charge in [0.25, 0.3) is 0 Å². The Morgan fingerprint density at radius 3 is 2.50 bits per heavy atom. The van der Waals surface area contributed by atoms with Gasteiger partial charge < -0.3 is 10.2 Å². The minimum atomic E-state index is 0.762. The van der Waals surface area contributed by atoms with Crippen molar-refractivity contribution in [2.75, 3.05) is 5.73 Å². The number of aryl methyl sites for hydroxylation is 1. The molecular weight excluding hydrogens is 366 g/mol. The molecule has 0 aliphatic heterocycles. The summed E-state index contributed by atoms with van der Waals surface area (Å²) < 4.78 is 6.38. The lowest BCUT2D eigenvalue weighted by atomic mass is 9.98. The van der Waals surface area contributed by atoms with Crippen LogP contribution in [0, 0.1) is 6.92 Å². The Hall–Kier alpha value is -3.78. The first-order valence-electron chi connectivity index (χ1n) is 10.2. The Morgan fingerprint density at radius 2 is 1.67 bits per heavy atom. The fourth-order valence-electron chi connectivity index (χ4n) is 4.10. The first-order valence-corrected chi connectivity index (χ1v) is 10.2. The molecule has 2 nitrogen and oxygen atoms in total. The molecule has 0 amide bonds. The minimum absolute atomic E-state index is 0.762. The number of rotatable bonds is 4. The number of nitrogens with two attached hydrogens (primary N) is 1. The average Bonchev–Trinajstić information content (AvgIpc) is 3.15. The van der Waals surface area contributed by atoms with E-state index in [0.29, 0.717) is 0 Å². The van der Waals surface area contributed by atoms with E-state index >= 15 is 0 Å². The van der Waals surface area contributed by atoms with E-state index in [9.17, 15) is 0 Å². The van der Waals surface area contributed by atoms with Crippen LogP contribution in [0.1, 0.15) is 16.7 Å². The zero-order valence-electron chi connectivity index (χ0n) is 16.9. The molecular formula is C28H23NO. The molecule has 30 heavy (non-hydrogen) atoms. The molecule has 0 atom stereocenters. The van der Waals surface area contributed by atoms with Gasteiger partial charge in [0.15, 0.2) is 0 Å². The maximum atomic E-state index is 6.38. The van der Waals surface area contributed by atoms with Crippen LogP contribution in [0.4, 0.5) is 5.69 Å². The van der Waals surface area contributed by atoms with E-state index in [0.717, 1.165) is 34.6 Å². The predicted octanol–water partition coefficient (Wildman–Crippen LogP) is 7.40. The van der Waals surface area contributed by atoms with Crippen LogP contribution >= 0.6 is 0 Å². The van der Waals surface area contributed by atoms with Crippen molar-refractivity contribution in [3.8, 4) is 11.3 Å². The Morgan fingerprint density at radius 1 is 0.867 bits per heavy atom. The molecule has 2 N–H and O–H groups in total. The van der Waals surface area contributed by atoms with Crippen LogP contribution in [0.3, 0.4) is 0 Å². The molecule has 2 heteroatoms. The zero-order valence-corrected chi connectivity index (χ0v) is 16.9. The van der Waals surface area contributed by atoms with Gasteiger partial charge in [-0.1, -0.05) is 84.9 Å². The summed E-state index contributed by atoms with van der Waals surface area (Å²) in [7, 11) is 0. The van der Waals surface area contributed by atoms with Gasteiger partial charge in [0.1, 0.15) is 11.3 Å². The highest BCUT2D eigenvalue weighted by Gasteiger charge is 2.17. The topological polar surface area (TPSA) is 39.2 Å². The molecule has 5 rings (SSSR count). The fourth-order valence-corrected chi connectivity index (χ4v) is 4.10. The average molecular weight is 389 g/mol. The Labute approximate surface area is 176 Å². The van der Waals surface area contributed by atoms with E-state index in [-0.39, 0.29) is 0 Å².